The summed E-state index contributed by atoms with van der Waals surface area (Å²) in [7, 11) is 0. The molecular formula is C70H117N5O50. The lowest BCUT2D eigenvalue weighted by atomic mass is 9.93. The number of hydrogen-bond acceptors (Lipinski definition) is 50. The number of nitrogens with one attached hydrogen (secondary N) is 5. The zero-order valence-corrected chi connectivity index (χ0v) is 67.7. The van der Waals surface area contributed by atoms with Crippen molar-refractivity contribution in [3.63, 3.8) is 0 Å². The molecule has 10 fully saturated rings. The molecule has 0 unspecified atom stereocenters. The fourth-order valence-corrected chi connectivity index (χ4v) is 16.3. The second kappa shape index (κ2) is 44.9. The SMILES string of the molecule is CC(=O)N[C@@H]1[C@@H](O)[C@H](O[C@@H]2O[C@H](CO)[C@@H](O[C@@H]3O[C@H](CO[C@H]4O[C@H](CO)[C@@H](O)[C@H](O)[C@@H]4O[C@@H]4O[C@H](CO)[C@@H](O)[C@H](O)[C@H]4NC(C)=O)[C@@H](O)[C@H](O[C@H]4O[C@H](CO)[C@@H](O[C@@H]5O[C@H](CO)[C@@H](O[C@@H]6O[C@H](CO)[C@H](O)[C@H](O)[C@H]6O)[C@H](O[C@H]6O[C@H](C)[C@H](O)[C@H](O)[C@H]6O)[C@H]5NC(C)=O)[C@H](O)[C@@H]4O[C@@H]4O[C@H](CO)[C@@H](O)[C@H](O)[C@H]4NC(C)=O)[C@@H]3O)[C@H](O)[C@H]2NC(C)=O)[C@@H](CO)O[C@H]1O. The van der Waals surface area contributed by atoms with Gasteiger partial charge in [0.15, 0.2) is 62.9 Å². The topological polar surface area (TPSA) is 847 Å². The van der Waals surface area contributed by atoms with E-state index in [4.69, 9.17) is 90.0 Å². The Morgan fingerprint density at radius 1 is 0.224 bits per heavy atom. The van der Waals surface area contributed by atoms with Gasteiger partial charge in [0.2, 0.25) is 29.5 Å². The van der Waals surface area contributed by atoms with Gasteiger partial charge in [-0.25, -0.2) is 0 Å². The normalized spacial score (nSPS) is 48.7. The first kappa shape index (κ1) is 103. The highest BCUT2D eigenvalue weighted by Crippen LogP contribution is 2.42. The molecule has 722 valence electrons. The highest BCUT2D eigenvalue weighted by atomic mass is 16.8. The quantitative estimate of drug-likeness (QED) is 0.0297. The standard InChI is InChI=1S/C70H117N5O50/c1-16-36(89)46(99)49(102)66(108-16)122-57-35(75-21(6)88)65(115-29(14-83)56(57)121-67-50(103)47(100)39(92)24(9-78)112-67)119-55-28(13-82)116-70(60(51(55)104)125-63-33(73-19(4)86)43(96)38(91)23(8-77)111-63)123-58-41(94)30(15-107-69-59(48(101)40(93)25(10-79)113-69)124-62-32(72-18(3)85)42(95)37(90)22(7-76)110-62)117-68(52(58)105)120-54-27(12-81)114-64(34(45(54)98)74-20(5)87)118-53-26(11-80)109-61(106)31(44(53)97)71-17(2)84/h16,22-70,76-83,89-106H,7-15H2,1-6H3,(H,71,84)(H,72,85)(H,73,86)(H,74,87)(H,75,88)/t16-,22-,23-,24-,25-,26-,27-,28-,29-,30-,31-,32-,33-,34-,35-,36+,37-,38-,39+,40-,41-,42-,43-,44-,45-,46+,47+,48+,49-,50-,51+,52+,53-,54-,55-,56-,57-,58+,59+,60+,61-,62+,63+,64+,65+,66-,67+,68+,69+,70-/m1/s1. The van der Waals surface area contributed by atoms with E-state index in [0.29, 0.717) is 0 Å². The summed E-state index contributed by atoms with van der Waals surface area (Å²) in [5.41, 5.74) is 0. The molecule has 0 spiro atoms. The molecule has 0 saturated carbocycles. The zero-order valence-electron chi connectivity index (χ0n) is 67.7. The van der Waals surface area contributed by atoms with E-state index in [9.17, 15) is 157 Å². The average molecular weight is 1830 g/mol. The van der Waals surface area contributed by atoms with Crippen LogP contribution in [0.5, 0.6) is 0 Å². The summed E-state index contributed by atoms with van der Waals surface area (Å²) in [5, 5.41) is 305. The summed E-state index contributed by atoms with van der Waals surface area (Å²) in [6.07, 6.45) is -95.9. The zero-order chi connectivity index (χ0) is 92.1. The average Bonchev–Trinajstić information content (AvgIpc) is 0.768. The number of hydrogen-bond donors (Lipinski definition) is 31. The first-order chi connectivity index (χ1) is 59.1. The molecule has 10 saturated heterocycles. The number of ether oxygens (including phenoxy) is 19. The minimum atomic E-state index is -2.68. The Bertz CT molecular complexity index is 3420. The highest BCUT2D eigenvalue weighted by molar-refractivity contribution is 5.75. The van der Waals surface area contributed by atoms with Gasteiger partial charge in [-0.2, -0.15) is 0 Å². The van der Waals surface area contributed by atoms with E-state index in [1.54, 1.807) is 0 Å². The molecule has 10 heterocycles. The summed E-state index contributed by atoms with van der Waals surface area (Å²) in [6.45, 7) is -4.49. The van der Waals surface area contributed by atoms with Gasteiger partial charge in [0, 0.05) is 34.6 Å². The summed E-state index contributed by atoms with van der Waals surface area (Å²) < 4.78 is 115. The fraction of sp³-hybridized carbons (Fsp3) is 0.929. The predicted octanol–water partition coefficient (Wildman–Crippen LogP) is -21.1. The van der Waals surface area contributed by atoms with Gasteiger partial charge in [-0.3, -0.25) is 24.0 Å². The third-order valence-corrected chi connectivity index (χ3v) is 22.8. The number of aliphatic hydroxyl groups is 26. The maximum absolute atomic E-state index is 13.6. The van der Waals surface area contributed by atoms with Gasteiger partial charge in [0.25, 0.3) is 0 Å². The van der Waals surface area contributed by atoms with Crippen LogP contribution in [0.3, 0.4) is 0 Å². The van der Waals surface area contributed by atoms with Gasteiger partial charge in [-0.1, -0.05) is 0 Å². The van der Waals surface area contributed by atoms with Crippen LogP contribution in [0, 0.1) is 0 Å². The summed E-state index contributed by atoms with van der Waals surface area (Å²) in [6, 6.07) is -9.49. The first-order valence-electron chi connectivity index (χ1n) is 40.0. The minimum absolute atomic E-state index is 0.807. The Balaban J connectivity index is 1.06. The Labute approximate surface area is 708 Å². The molecule has 0 aromatic heterocycles. The van der Waals surface area contributed by atoms with E-state index in [2.05, 4.69) is 26.6 Å². The second-order valence-corrected chi connectivity index (χ2v) is 31.7. The van der Waals surface area contributed by atoms with Crippen molar-refractivity contribution in [1.82, 2.24) is 26.6 Å². The van der Waals surface area contributed by atoms with Crippen LogP contribution in [0.1, 0.15) is 41.5 Å². The van der Waals surface area contributed by atoms with Gasteiger partial charge < -0.3 is 249 Å². The molecule has 0 bridgehead atoms. The van der Waals surface area contributed by atoms with Gasteiger partial charge in [0.05, 0.1) is 65.6 Å². The molecular weight excluding hydrogens is 1710 g/mol. The van der Waals surface area contributed by atoms with E-state index in [1.807, 2.05) is 0 Å². The van der Waals surface area contributed by atoms with Crippen molar-refractivity contribution in [3.8, 4) is 0 Å². The van der Waals surface area contributed by atoms with Crippen LogP contribution in [0.4, 0.5) is 0 Å². The van der Waals surface area contributed by atoms with E-state index in [0.717, 1.165) is 34.6 Å². The van der Waals surface area contributed by atoms with Crippen molar-refractivity contribution < 1.29 is 247 Å². The van der Waals surface area contributed by atoms with Gasteiger partial charge in [-0.15, -0.1) is 0 Å². The van der Waals surface area contributed by atoms with Crippen LogP contribution in [0.25, 0.3) is 0 Å². The third kappa shape index (κ3) is 22.9. The number of amides is 5. The maximum atomic E-state index is 13.6. The Kier molecular flexibility index (Phi) is 36.8. The van der Waals surface area contributed by atoms with Crippen molar-refractivity contribution in [1.29, 1.82) is 0 Å². The van der Waals surface area contributed by atoms with Crippen molar-refractivity contribution >= 4 is 29.5 Å². The molecule has 0 radical (unpaired) electrons. The van der Waals surface area contributed by atoms with Gasteiger partial charge in [-0.05, 0) is 6.92 Å². The molecule has 125 heavy (non-hydrogen) atoms. The highest BCUT2D eigenvalue weighted by Gasteiger charge is 2.63. The van der Waals surface area contributed by atoms with Crippen LogP contribution >= 0.6 is 0 Å². The number of rotatable bonds is 32. The second-order valence-electron chi connectivity index (χ2n) is 31.7. The van der Waals surface area contributed by atoms with Crippen molar-refractivity contribution in [2.45, 2.75) is 348 Å². The number of aliphatic hydroxyl groups excluding tert-OH is 26. The Hall–Kier alpha value is -4.45. The van der Waals surface area contributed by atoms with Crippen LogP contribution < -0.4 is 26.6 Å². The molecule has 55 nitrogen and oxygen atoms in total. The third-order valence-electron chi connectivity index (χ3n) is 22.8. The van der Waals surface area contributed by atoms with E-state index in [1.165, 1.54) is 6.92 Å². The smallest absolute Gasteiger partial charge is 0.217 e. The Morgan fingerprint density at radius 3 is 0.976 bits per heavy atom. The molecule has 5 amide bonds. The fourth-order valence-electron chi connectivity index (χ4n) is 16.3. The monoisotopic (exact) mass is 1830 g/mol. The minimum Gasteiger partial charge on any atom is -0.394 e. The van der Waals surface area contributed by atoms with E-state index < -0.39 is 396 Å². The first-order valence-corrected chi connectivity index (χ1v) is 40.0. The largest absolute Gasteiger partial charge is 0.394 e. The van der Waals surface area contributed by atoms with Crippen LogP contribution in [-0.4, -0.2) is 529 Å². The van der Waals surface area contributed by atoms with Crippen molar-refractivity contribution in [3.05, 3.63) is 0 Å². The molecule has 10 aliphatic rings. The molecule has 10 aliphatic heterocycles. The van der Waals surface area contributed by atoms with Gasteiger partial charge >= 0.3 is 0 Å². The summed E-state index contributed by atoms with van der Waals surface area (Å²) in [5.74, 6) is -4.66. The number of carbonyl (C=O) groups is 5. The van der Waals surface area contributed by atoms with Crippen molar-refractivity contribution in [2.24, 2.45) is 0 Å². The van der Waals surface area contributed by atoms with Crippen molar-refractivity contribution in [2.75, 3.05) is 59.5 Å². The predicted molar refractivity (Wildman–Crippen MR) is 386 cm³/mol. The molecule has 31 N–H and O–H groups in total. The van der Waals surface area contributed by atoms with Crippen LogP contribution in [0.15, 0.2) is 0 Å². The lowest BCUT2D eigenvalue weighted by molar-refractivity contribution is -0.407. The molecule has 10 rings (SSSR count). The summed E-state index contributed by atoms with van der Waals surface area (Å²) in [4.78, 5) is 64.5. The van der Waals surface area contributed by atoms with Gasteiger partial charge in [0.1, 0.15) is 238 Å². The molecule has 0 aromatic rings. The molecule has 50 atom stereocenters. The van der Waals surface area contributed by atoms with E-state index in [-0.39, 0.29) is 0 Å². The molecule has 0 aliphatic carbocycles. The van der Waals surface area contributed by atoms with Crippen LogP contribution in [-0.2, 0) is 114 Å². The lowest BCUT2D eigenvalue weighted by Gasteiger charge is -2.52. The molecule has 0 aromatic carbocycles. The van der Waals surface area contributed by atoms with E-state index >= 15 is 0 Å². The number of carbonyl (C=O) groups excluding carboxylic acids is 5. The Morgan fingerprint density at radius 2 is 0.512 bits per heavy atom. The lowest BCUT2D eigenvalue weighted by Crippen LogP contribution is -2.72. The van der Waals surface area contributed by atoms with Crippen LogP contribution in [0.2, 0.25) is 0 Å². The maximum Gasteiger partial charge on any atom is 0.217 e. The summed E-state index contributed by atoms with van der Waals surface area (Å²) >= 11 is 0. The molecule has 55 heteroatoms.